The highest BCUT2D eigenvalue weighted by molar-refractivity contribution is 6.30. The number of carbonyl (C=O) groups is 1. The van der Waals surface area contributed by atoms with Crippen LogP contribution in [0.15, 0.2) is 85.1 Å². The molecule has 0 aliphatic carbocycles. The number of aromatic nitrogens is 2. The zero-order valence-corrected chi connectivity index (χ0v) is 17.1. The van der Waals surface area contributed by atoms with Crippen LogP contribution in [0, 0.1) is 5.82 Å². The van der Waals surface area contributed by atoms with Gasteiger partial charge in [-0.3, -0.25) is 4.79 Å². The summed E-state index contributed by atoms with van der Waals surface area (Å²) >= 11 is 6.03. The molecule has 4 nitrogen and oxygen atoms in total. The Kier molecular flexibility index (Phi) is 5.63. The average molecular weight is 420 g/mol. The highest BCUT2D eigenvalue weighted by atomic mass is 35.5. The van der Waals surface area contributed by atoms with Crippen molar-refractivity contribution in [3.05, 3.63) is 107 Å². The molecule has 0 fully saturated rings. The monoisotopic (exact) mass is 419 g/mol. The lowest BCUT2D eigenvalue weighted by Crippen LogP contribution is -2.27. The summed E-state index contributed by atoms with van der Waals surface area (Å²) in [5.41, 5.74) is 3.42. The van der Waals surface area contributed by atoms with Crippen LogP contribution in [0.3, 0.4) is 0 Å². The molecule has 4 aromatic rings. The van der Waals surface area contributed by atoms with Crippen molar-refractivity contribution in [3.8, 4) is 16.9 Å². The van der Waals surface area contributed by atoms with E-state index in [1.165, 1.54) is 17.0 Å². The van der Waals surface area contributed by atoms with Crippen LogP contribution in [0.2, 0.25) is 5.02 Å². The van der Waals surface area contributed by atoms with Crippen molar-refractivity contribution in [2.45, 2.75) is 6.54 Å². The van der Waals surface area contributed by atoms with Gasteiger partial charge in [0.1, 0.15) is 5.82 Å². The first-order valence-electron chi connectivity index (χ1n) is 9.43. The molecule has 1 amide bonds. The smallest absolute Gasteiger partial charge is 0.256 e. The zero-order chi connectivity index (χ0) is 21.1. The van der Waals surface area contributed by atoms with E-state index in [4.69, 9.17) is 16.7 Å². The Bertz CT molecular complexity index is 1170. The van der Waals surface area contributed by atoms with Gasteiger partial charge in [-0.15, -0.1) is 0 Å². The number of rotatable bonds is 5. The van der Waals surface area contributed by atoms with Crippen LogP contribution in [0.25, 0.3) is 16.9 Å². The Morgan fingerprint density at radius 1 is 1.00 bits per heavy atom. The molecule has 0 saturated carbocycles. The number of para-hydroxylation sites is 1. The van der Waals surface area contributed by atoms with Crippen molar-refractivity contribution in [2.75, 3.05) is 7.05 Å². The van der Waals surface area contributed by atoms with Crippen molar-refractivity contribution in [2.24, 2.45) is 0 Å². The third kappa shape index (κ3) is 4.11. The van der Waals surface area contributed by atoms with Gasteiger partial charge in [0.2, 0.25) is 0 Å². The van der Waals surface area contributed by atoms with Crippen LogP contribution in [0.1, 0.15) is 15.9 Å². The number of halogens is 2. The van der Waals surface area contributed by atoms with Gasteiger partial charge in [-0.2, -0.15) is 5.10 Å². The van der Waals surface area contributed by atoms with Gasteiger partial charge in [-0.25, -0.2) is 9.07 Å². The van der Waals surface area contributed by atoms with Gasteiger partial charge in [0.05, 0.1) is 16.9 Å². The van der Waals surface area contributed by atoms with E-state index in [9.17, 15) is 9.18 Å². The van der Waals surface area contributed by atoms with Gasteiger partial charge in [-0.05, 0) is 36.4 Å². The van der Waals surface area contributed by atoms with Crippen LogP contribution < -0.4 is 0 Å². The fraction of sp³-hybridized carbons (Fsp3) is 0.0833. The minimum Gasteiger partial charge on any atom is -0.337 e. The van der Waals surface area contributed by atoms with Crippen LogP contribution in [-0.4, -0.2) is 27.6 Å². The van der Waals surface area contributed by atoms with Gasteiger partial charge < -0.3 is 4.90 Å². The quantitative estimate of drug-likeness (QED) is 0.422. The molecule has 6 heteroatoms. The minimum absolute atomic E-state index is 0.0449. The van der Waals surface area contributed by atoms with E-state index >= 15 is 0 Å². The molecular formula is C24H19ClFN3O. The Labute approximate surface area is 179 Å². The Hall–Kier alpha value is -3.44. The van der Waals surface area contributed by atoms with Crippen molar-refractivity contribution in [1.82, 2.24) is 14.7 Å². The predicted octanol–water partition coefficient (Wildman–Crippen LogP) is 5.60. The minimum atomic E-state index is -0.535. The molecule has 0 atom stereocenters. The van der Waals surface area contributed by atoms with E-state index in [2.05, 4.69) is 0 Å². The molecule has 1 aromatic heterocycles. The van der Waals surface area contributed by atoms with E-state index < -0.39 is 5.82 Å². The lowest BCUT2D eigenvalue weighted by atomic mass is 10.1. The number of hydrogen-bond donors (Lipinski definition) is 0. The second-order valence-corrected chi connectivity index (χ2v) is 7.37. The molecule has 4 rings (SSSR count). The van der Waals surface area contributed by atoms with Crippen molar-refractivity contribution < 1.29 is 9.18 Å². The molecule has 0 aliphatic heterocycles. The zero-order valence-electron chi connectivity index (χ0n) is 16.3. The lowest BCUT2D eigenvalue weighted by Gasteiger charge is -2.17. The van der Waals surface area contributed by atoms with Crippen LogP contribution >= 0.6 is 11.6 Å². The summed E-state index contributed by atoms with van der Waals surface area (Å²) in [6.07, 6.45) is 1.89. The summed E-state index contributed by atoms with van der Waals surface area (Å²) in [5.74, 6) is -0.921. The SMILES string of the molecule is CN(Cc1cn(-c2ccccc2)nc1-c1ccc(Cl)cc1)C(=O)c1ccccc1F. The van der Waals surface area contributed by atoms with Gasteiger partial charge in [0.25, 0.3) is 5.91 Å². The Balaban J connectivity index is 1.70. The molecule has 3 aromatic carbocycles. The largest absolute Gasteiger partial charge is 0.337 e. The summed E-state index contributed by atoms with van der Waals surface area (Å²) in [7, 11) is 1.65. The maximum absolute atomic E-state index is 14.1. The lowest BCUT2D eigenvalue weighted by molar-refractivity contribution is 0.0780. The third-order valence-electron chi connectivity index (χ3n) is 4.79. The summed E-state index contributed by atoms with van der Waals surface area (Å²) in [6, 6.07) is 23.1. The summed E-state index contributed by atoms with van der Waals surface area (Å²) in [4.78, 5) is 14.3. The summed E-state index contributed by atoms with van der Waals surface area (Å²) in [5, 5.41) is 5.38. The third-order valence-corrected chi connectivity index (χ3v) is 5.04. The molecule has 30 heavy (non-hydrogen) atoms. The topological polar surface area (TPSA) is 38.1 Å². The molecule has 0 spiro atoms. The maximum Gasteiger partial charge on any atom is 0.256 e. The van der Waals surface area contributed by atoms with E-state index in [-0.39, 0.29) is 18.0 Å². The second kappa shape index (κ2) is 8.51. The molecular weight excluding hydrogens is 401 g/mol. The molecule has 0 aliphatic rings. The highest BCUT2D eigenvalue weighted by Gasteiger charge is 2.19. The maximum atomic E-state index is 14.1. The van der Waals surface area contributed by atoms with Crippen LogP contribution in [0.5, 0.6) is 0 Å². The van der Waals surface area contributed by atoms with E-state index in [1.807, 2.05) is 48.7 Å². The predicted molar refractivity (Wildman–Crippen MR) is 116 cm³/mol. The van der Waals surface area contributed by atoms with Crippen LogP contribution in [-0.2, 0) is 6.54 Å². The average Bonchev–Trinajstić information content (AvgIpc) is 3.18. The molecule has 0 radical (unpaired) electrons. The number of carbonyl (C=O) groups excluding carboxylic acids is 1. The summed E-state index contributed by atoms with van der Waals surface area (Å²) < 4.78 is 15.8. The molecule has 0 saturated heterocycles. The fourth-order valence-corrected chi connectivity index (χ4v) is 3.38. The first-order valence-corrected chi connectivity index (χ1v) is 9.80. The number of nitrogens with zero attached hydrogens (tertiary/aromatic N) is 3. The number of benzene rings is 3. The van der Waals surface area contributed by atoms with E-state index in [0.29, 0.717) is 5.02 Å². The molecule has 0 unspecified atom stereocenters. The summed E-state index contributed by atoms with van der Waals surface area (Å²) in [6.45, 7) is 0.276. The Morgan fingerprint density at radius 3 is 2.37 bits per heavy atom. The second-order valence-electron chi connectivity index (χ2n) is 6.93. The highest BCUT2D eigenvalue weighted by Crippen LogP contribution is 2.26. The molecule has 1 heterocycles. The normalized spacial score (nSPS) is 10.8. The van der Waals surface area contributed by atoms with E-state index in [0.717, 1.165) is 22.5 Å². The fourth-order valence-electron chi connectivity index (χ4n) is 3.26. The van der Waals surface area contributed by atoms with Gasteiger partial charge in [0, 0.05) is 35.9 Å². The van der Waals surface area contributed by atoms with Crippen LogP contribution in [0.4, 0.5) is 4.39 Å². The molecule has 0 bridgehead atoms. The van der Waals surface area contributed by atoms with Gasteiger partial charge in [0.15, 0.2) is 0 Å². The number of amides is 1. The van der Waals surface area contributed by atoms with E-state index in [1.54, 1.807) is 36.0 Å². The molecule has 150 valence electrons. The Morgan fingerprint density at radius 2 is 1.67 bits per heavy atom. The van der Waals surface area contributed by atoms with Gasteiger partial charge in [-0.1, -0.05) is 54.1 Å². The van der Waals surface area contributed by atoms with Crippen molar-refractivity contribution in [3.63, 3.8) is 0 Å². The first-order chi connectivity index (χ1) is 14.5. The standard InChI is InChI=1S/C24H19ClFN3O/c1-28(24(30)21-9-5-6-10-22(21)26)15-18-16-29(20-7-3-2-4-8-20)27-23(18)17-11-13-19(25)14-12-17/h2-14,16H,15H2,1H3. The first kappa shape index (κ1) is 19.9. The van der Waals surface area contributed by atoms with Crippen molar-refractivity contribution >= 4 is 17.5 Å². The molecule has 0 N–H and O–H groups in total. The van der Waals surface area contributed by atoms with Crippen molar-refractivity contribution in [1.29, 1.82) is 0 Å². The van der Waals surface area contributed by atoms with Gasteiger partial charge >= 0.3 is 0 Å². The number of hydrogen-bond acceptors (Lipinski definition) is 2.